The highest BCUT2D eigenvalue weighted by molar-refractivity contribution is 7.12. The van der Waals surface area contributed by atoms with E-state index >= 15 is 0 Å². The van der Waals surface area contributed by atoms with E-state index in [2.05, 4.69) is 10.4 Å². The maximum absolute atomic E-state index is 13.3. The van der Waals surface area contributed by atoms with Gasteiger partial charge in [-0.15, -0.1) is 11.3 Å². The molecule has 0 saturated carbocycles. The van der Waals surface area contributed by atoms with E-state index in [9.17, 15) is 9.18 Å². The third-order valence-electron chi connectivity index (χ3n) is 4.48. The SMILES string of the molecule is Cc1ccc(Cl)c(OCc2csc(C(=O)Nc3cnn(Cc4cccc(F)c4)c3)c2)c1. The van der Waals surface area contributed by atoms with Crippen molar-refractivity contribution >= 4 is 34.5 Å². The Balaban J connectivity index is 1.35. The Kier molecular flexibility index (Phi) is 6.34. The van der Waals surface area contributed by atoms with Crippen LogP contribution in [0.4, 0.5) is 10.1 Å². The lowest BCUT2D eigenvalue weighted by atomic mass is 10.2. The molecule has 2 aromatic heterocycles. The van der Waals surface area contributed by atoms with Gasteiger partial charge in [-0.05, 0) is 53.8 Å². The van der Waals surface area contributed by atoms with Gasteiger partial charge in [0.1, 0.15) is 18.2 Å². The number of carbonyl (C=O) groups excluding carboxylic acids is 1. The highest BCUT2D eigenvalue weighted by atomic mass is 35.5. The van der Waals surface area contributed by atoms with Gasteiger partial charge >= 0.3 is 0 Å². The zero-order valence-corrected chi connectivity index (χ0v) is 18.2. The lowest BCUT2D eigenvalue weighted by Crippen LogP contribution is -2.09. The van der Waals surface area contributed by atoms with E-state index in [-0.39, 0.29) is 11.7 Å². The smallest absolute Gasteiger partial charge is 0.265 e. The number of rotatable bonds is 7. The van der Waals surface area contributed by atoms with Crippen LogP contribution in [-0.2, 0) is 13.2 Å². The molecule has 5 nitrogen and oxygen atoms in total. The molecule has 0 bridgehead atoms. The van der Waals surface area contributed by atoms with Crippen molar-refractivity contribution in [2.75, 3.05) is 5.32 Å². The van der Waals surface area contributed by atoms with Crippen LogP contribution in [0.3, 0.4) is 0 Å². The molecule has 0 aliphatic carbocycles. The molecule has 0 unspecified atom stereocenters. The number of thiophene rings is 1. The van der Waals surface area contributed by atoms with Gasteiger partial charge in [-0.2, -0.15) is 5.10 Å². The molecule has 0 aliphatic rings. The standard InChI is InChI=1S/C23H19ClFN3O2S/c1-15-5-6-20(24)21(7-15)30-13-17-9-22(31-14-17)23(29)27-19-10-26-28(12-19)11-16-3-2-4-18(25)8-16/h2-10,12,14H,11,13H2,1H3,(H,27,29). The van der Waals surface area contributed by atoms with E-state index in [4.69, 9.17) is 16.3 Å². The lowest BCUT2D eigenvalue weighted by molar-refractivity contribution is 0.103. The second-order valence-electron chi connectivity index (χ2n) is 7.05. The summed E-state index contributed by atoms with van der Waals surface area (Å²) in [6.07, 6.45) is 3.27. The monoisotopic (exact) mass is 455 g/mol. The van der Waals surface area contributed by atoms with Gasteiger partial charge in [-0.25, -0.2) is 4.39 Å². The summed E-state index contributed by atoms with van der Waals surface area (Å²) in [7, 11) is 0. The Bertz CT molecular complexity index is 1220. The summed E-state index contributed by atoms with van der Waals surface area (Å²) in [5, 5.41) is 9.48. The Hall–Kier alpha value is -3.16. The first kappa shape index (κ1) is 21.1. The number of hydrogen-bond donors (Lipinski definition) is 1. The molecule has 0 atom stereocenters. The zero-order valence-electron chi connectivity index (χ0n) is 16.6. The molecule has 2 heterocycles. The maximum Gasteiger partial charge on any atom is 0.265 e. The number of halogens is 2. The number of carbonyl (C=O) groups is 1. The van der Waals surface area contributed by atoms with Crippen LogP contribution >= 0.6 is 22.9 Å². The minimum Gasteiger partial charge on any atom is -0.487 e. The molecule has 0 spiro atoms. The molecule has 8 heteroatoms. The summed E-state index contributed by atoms with van der Waals surface area (Å²) in [5.41, 5.74) is 3.30. The van der Waals surface area contributed by atoms with E-state index in [0.717, 1.165) is 16.7 Å². The third-order valence-corrected chi connectivity index (χ3v) is 5.77. The number of anilines is 1. The fraction of sp³-hybridized carbons (Fsp3) is 0.130. The van der Waals surface area contributed by atoms with Crippen LogP contribution in [0.1, 0.15) is 26.4 Å². The first-order chi connectivity index (χ1) is 15.0. The van der Waals surface area contributed by atoms with Crippen LogP contribution in [0.2, 0.25) is 5.02 Å². The first-order valence-corrected chi connectivity index (χ1v) is 10.8. The molecule has 0 aliphatic heterocycles. The second-order valence-corrected chi connectivity index (χ2v) is 8.37. The summed E-state index contributed by atoms with van der Waals surface area (Å²) < 4.78 is 20.8. The topological polar surface area (TPSA) is 56.1 Å². The van der Waals surface area contributed by atoms with E-state index in [1.165, 1.54) is 23.5 Å². The van der Waals surface area contributed by atoms with Crippen molar-refractivity contribution in [2.45, 2.75) is 20.1 Å². The van der Waals surface area contributed by atoms with Crippen LogP contribution in [0, 0.1) is 12.7 Å². The molecule has 0 radical (unpaired) electrons. The van der Waals surface area contributed by atoms with Gasteiger partial charge in [0, 0.05) is 11.8 Å². The molecule has 0 fully saturated rings. The van der Waals surface area contributed by atoms with E-state index in [0.29, 0.717) is 34.5 Å². The Morgan fingerprint density at radius 3 is 2.94 bits per heavy atom. The minimum absolute atomic E-state index is 0.227. The predicted octanol–water partition coefficient (Wildman–Crippen LogP) is 5.93. The molecule has 4 aromatic rings. The number of nitrogens with one attached hydrogen (secondary N) is 1. The predicted molar refractivity (Wildman–Crippen MR) is 121 cm³/mol. The van der Waals surface area contributed by atoms with Crippen molar-refractivity contribution in [3.63, 3.8) is 0 Å². The number of aromatic nitrogens is 2. The molecule has 0 saturated heterocycles. The molecule has 158 valence electrons. The number of ether oxygens (including phenoxy) is 1. The highest BCUT2D eigenvalue weighted by Crippen LogP contribution is 2.27. The van der Waals surface area contributed by atoms with Gasteiger partial charge in [0.15, 0.2) is 0 Å². The molecule has 1 amide bonds. The molecule has 2 aromatic carbocycles. The Labute approximate surface area is 188 Å². The minimum atomic E-state index is -0.291. The fourth-order valence-electron chi connectivity index (χ4n) is 2.98. The van der Waals surface area contributed by atoms with E-state index in [1.807, 2.05) is 30.5 Å². The Morgan fingerprint density at radius 1 is 1.23 bits per heavy atom. The van der Waals surface area contributed by atoms with Gasteiger partial charge in [0.05, 0.1) is 28.3 Å². The van der Waals surface area contributed by atoms with Crippen LogP contribution in [0.5, 0.6) is 5.75 Å². The van der Waals surface area contributed by atoms with Crippen LogP contribution in [-0.4, -0.2) is 15.7 Å². The number of hydrogen-bond acceptors (Lipinski definition) is 4. The van der Waals surface area contributed by atoms with Gasteiger partial charge < -0.3 is 10.1 Å². The van der Waals surface area contributed by atoms with Gasteiger partial charge in [0.25, 0.3) is 5.91 Å². The van der Waals surface area contributed by atoms with Crippen molar-refractivity contribution in [3.8, 4) is 5.75 Å². The molecule has 1 N–H and O–H groups in total. The maximum atomic E-state index is 13.3. The van der Waals surface area contributed by atoms with Gasteiger partial charge in [0.2, 0.25) is 0 Å². The van der Waals surface area contributed by atoms with Gasteiger partial charge in [-0.3, -0.25) is 9.48 Å². The first-order valence-electron chi connectivity index (χ1n) is 9.51. The third kappa shape index (κ3) is 5.51. The highest BCUT2D eigenvalue weighted by Gasteiger charge is 2.12. The second kappa shape index (κ2) is 9.32. The summed E-state index contributed by atoms with van der Waals surface area (Å²) in [4.78, 5) is 13.1. The summed E-state index contributed by atoms with van der Waals surface area (Å²) >= 11 is 7.49. The number of benzene rings is 2. The fourth-order valence-corrected chi connectivity index (χ4v) is 3.95. The van der Waals surface area contributed by atoms with Crippen LogP contribution in [0.15, 0.2) is 66.3 Å². The van der Waals surface area contributed by atoms with Crippen molar-refractivity contribution in [2.24, 2.45) is 0 Å². The molecular weight excluding hydrogens is 437 g/mol. The Morgan fingerprint density at radius 2 is 2.10 bits per heavy atom. The molecule has 4 rings (SSSR count). The quantitative estimate of drug-likeness (QED) is 0.376. The average Bonchev–Trinajstić information content (AvgIpc) is 3.38. The van der Waals surface area contributed by atoms with E-state index in [1.54, 1.807) is 35.3 Å². The number of amides is 1. The summed E-state index contributed by atoms with van der Waals surface area (Å²) in [6.45, 7) is 2.70. The largest absolute Gasteiger partial charge is 0.487 e. The van der Waals surface area contributed by atoms with Crippen molar-refractivity contribution < 1.29 is 13.9 Å². The van der Waals surface area contributed by atoms with E-state index < -0.39 is 0 Å². The number of aryl methyl sites for hydroxylation is 1. The molecule has 31 heavy (non-hydrogen) atoms. The van der Waals surface area contributed by atoms with Crippen LogP contribution < -0.4 is 10.1 Å². The average molecular weight is 456 g/mol. The normalized spacial score (nSPS) is 10.8. The van der Waals surface area contributed by atoms with Crippen molar-refractivity contribution in [1.29, 1.82) is 0 Å². The lowest BCUT2D eigenvalue weighted by Gasteiger charge is -2.07. The van der Waals surface area contributed by atoms with Crippen molar-refractivity contribution in [1.82, 2.24) is 9.78 Å². The number of nitrogens with zero attached hydrogens (tertiary/aromatic N) is 2. The summed E-state index contributed by atoms with van der Waals surface area (Å²) in [6, 6.07) is 13.7. The van der Waals surface area contributed by atoms with Crippen LogP contribution in [0.25, 0.3) is 0 Å². The summed E-state index contributed by atoms with van der Waals surface area (Å²) in [5.74, 6) is 0.0973. The van der Waals surface area contributed by atoms with Crippen molar-refractivity contribution in [3.05, 3.63) is 98.7 Å². The molecular formula is C23H19ClFN3O2S. The zero-order chi connectivity index (χ0) is 21.8. The van der Waals surface area contributed by atoms with Gasteiger partial charge in [-0.1, -0.05) is 29.8 Å².